The highest BCUT2D eigenvalue weighted by Gasteiger charge is 2.24. The van der Waals surface area contributed by atoms with E-state index in [2.05, 4.69) is 79.9 Å². The maximum absolute atomic E-state index is 9.82. The molecule has 0 radical (unpaired) electrons. The Morgan fingerprint density at radius 3 is 1.69 bits per heavy atom. The minimum atomic E-state index is -0.211. The first-order valence-electron chi connectivity index (χ1n) is 12.2. The predicted molar refractivity (Wildman–Crippen MR) is 139 cm³/mol. The zero-order chi connectivity index (χ0) is 25.9. The summed E-state index contributed by atoms with van der Waals surface area (Å²) in [4.78, 5) is 24.7. The fourth-order valence-electron chi connectivity index (χ4n) is 3.73. The van der Waals surface area contributed by atoms with Crippen LogP contribution in [0.2, 0.25) is 0 Å². The van der Waals surface area contributed by atoms with Crippen LogP contribution in [0.25, 0.3) is 0 Å². The standard InChI is InChI=1S/C20H26N2O.2C4H8O2/c1-23-17-20(19-10-6-3-7-11-19)22-14-12-21(13-15-22)16-18-8-4-2-5-9-18;2*1-3-6-4(2)5/h2-11,20H,12-17H2,1H3;2*3H2,1-2H3. The fourth-order valence-corrected chi connectivity index (χ4v) is 3.73. The van der Waals surface area contributed by atoms with Crippen molar-refractivity contribution >= 4 is 11.9 Å². The van der Waals surface area contributed by atoms with Crippen LogP contribution < -0.4 is 0 Å². The molecule has 0 amide bonds. The number of benzene rings is 2. The number of rotatable bonds is 8. The molecule has 1 aliphatic rings. The number of piperazine rings is 1. The molecule has 7 nitrogen and oxygen atoms in total. The second-order valence-corrected chi connectivity index (χ2v) is 8.03. The maximum Gasteiger partial charge on any atom is 0.302 e. The Labute approximate surface area is 211 Å². The molecule has 1 aliphatic heterocycles. The van der Waals surface area contributed by atoms with Gasteiger partial charge in [0.15, 0.2) is 0 Å². The van der Waals surface area contributed by atoms with E-state index in [9.17, 15) is 9.59 Å². The van der Waals surface area contributed by atoms with Crippen molar-refractivity contribution in [1.29, 1.82) is 0 Å². The van der Waals surface area contributed by atoms with Crippen LogP contribution in [-0.2, 0) is 30.3 Å². The van der Waals surface area contributed by atoms with Gasteiger partial charge in [-0.1, -0.05) is 60.7 Å². The molecule has 2 aromatic carbocycles. The Hall–Kier alpha value is -2.74. The Morgan fingerprint density at radius 2 is 1.29 bits per heavy atom. The topological polar surface area (TPSA) is 68.3 Å². The summed E-state index contributed by atoms with van der Waals surface area (Å²) in [6.45, 7) is 13.5. The molecule has 3 rings (SSSR count). The summed E-state index contributed by atoms with van der Waals surface area (Å²) in [6, 6.07) is 21.8. The van der Waals surface area contributed by atoms with Crippen molar-refractivity contribution in [3.63, 3.8) is 0 Å². The van der Waals surface area contributed by atoms with E-state index in [0.29, 0.717) is 19.3 Å². The normalized spacial score (nSPS) is 14.4. The van der Waals surface area contributed by atoms with Crippen molar-refractivity contribution < 1.29 is 23.8 Å². The van der Waals surface area contributed by atoms with Gasteiger partial charge in [0.25, 0.3) is 0 Å². The molecule has 1 heterocycles. The van der Waals surface area contributed by atoms with E-state index < -0.39 is 0 Å². The third-order valence-electron chi connectivity index (χ3n) is 5.30. The summed E-state index contributed by atoms with van der Waals surface area (Å²) >= 11 is 0. The summed E-state index contributed by atoms with van der Waals surface area (Å²) < 4.78 is 14.3. The molecule has 1 saturated heterocycles. The van der Waals surface area contributed by atoms with Gasteiger partial charge in [-0.3, -0.25) is 19.4 Å². The zero-order valence-corrected chi connectivity index (χ0v) is 21.9. The number of hydrogen-bond acceptors (Lipinski definition) is 7. The van der Waals surface area contributed by atoms with Gasteiger partial charge in [-0.25, -0.2) is 0 Å². The number of methoxy groups -OCH3 is 1. The van der Waals surface area contributed by atoms with Gasteiger partial charge in [0, 0.05) is 53.7 Å². The highest BCUT2D eigenvalue weighted by molar-refractivity contribution is 5.66. The second-order valence-electron chi connectivity index (χ2n) is 8.03. The van der Waals surface area contributed by atoms with Gasteiger partial charge in [0.2, 0.25) is 0 Å². The minimum absolute atomic E-state index is 0.211. The average molecular weight is 487 g/mol. The molecule has 0 spiro atoms. The molecular formula is C28H42N2O5. The van der Waals surface area contributed by atoms with Crippen LogP contribution in [0.1, 0.15) is 44.9 Å². The predicted octanol–water partition coefficient (Wildman–Crippen LogP) is 4.33. The Balaban J connectivity index is 0.000000425. The molecule has 0 saturated carbocycles. The number of nitrogens with zero attached hydrogens (tertiary/aromatic N) is 2. The van der Waals surface area contributed by atoms with E-state index in [-0.39, 0.29) is 11.9 Å². The van der Waals surface area contributed by atoms with Crippen molar-refractivity contribution in [1.82, 2.24) is 9.80 Å². The Kier molecular flexibility index (Phi) is 16.1. The molecule has 2 aromatic rings. The van der Waals surface area contributed by atoms with Crippen molar-refractivity contribution in [2.75, 3.05) is 53.1 Å². The molecule has 35 heavy (non-hydrogen) atoms. The summed E-state index contributed by atoms with van der Waals surface area (Å²) in [6.07, 6.45) is 0. The van der Waals surface area contributed by atoms with Crippen LogP contribution in [0.5, 0.6) is 0 Å². The van der Waals surface area contributed by atoms with E-state index in [1.807, 2.05) is 0 Å². The average Bonchev–Trinajstić information content (AvgIpc) is 2.85. The lowest BCUT2D eigenvalue weighted by molar-refractivity contribution is -0.141. The van der Waals surface area contributed by atoms with Gasteiger partial charge in [0.05, 0.1) is 25.9 Å². The third kappa shape index (κ3) is 13.7. The lowest BCUT2D eigenvalue weighted by atomic mass is 10.0. The number of carbonyl (C=O) groups excluding carboxylic acids is 2. The third-order valence-corrected chi connectivity index (χ3v) is 5.30. The van der Waals surface area contributed by atoms with Crippen molar-refractivity contribution in [2.24, 2.45) is 0 Å². The summed E-state index contributed by atoms with van der Waals surface area (Å²) in [7, 11) is 1.79. The number of ether oxygens (including phenoxy) is 3. The summed E-state index contributed by atoms with van der Waals surface area (Å²) in [5, 5.41) is 0. The summed E-state index contributed by atoms with van der Waals surface area (Å²) in [5.41, 5.74) is 2.75. The first-order valence-corrected chi connectivity index (χ1v) is 12.2. The van der Waals surface area contributed by atoms with Crippen LogP contribution in [0.15, 0.2) is 60.7 Å². The van der Waals surface area contributed by atoms with Crippen LogP contribution in [0, 0.1) is 0 Å². The highest BCUT2D eigenvalue weighted by atomic mass is 16.5. The molecule has 1 unspecified atom stereocenters. The quantitative estimate of drug-likeness (QED) is 0.515. The second kappa shape index (κ2) is 18.6. The molecule has 1 atom stereocenters. The largest absolute Gasteiger partial charge is 0.466 e. The van der Waals surface area contributed by atoms with Gasteiger partial charge in [-0.05, 0) is 25.0 Å². The van der Waals surface area contributed by atoms with E-state index in [1.165, 1.54) is 25.0 Å². The monoisotopic (exact) mass is 486 g/mol. The number of esters is 2. The number of hydrogen-bond donors (Lipinski definition) is 0. The van der Waals surface area contributed by atoms with E-state index >= 15 is 0 Å². The molecule has 194 valence electrons. The van der Waals surface area contributed by atoms with Gasteiger partial charge >= 0.3 is 11.9 Å². The van der Waals surface area contributed by atoms with Gasteiger partial charge in [-0.15, -0.1) is 0 Å². The van der Waals surface area contributed by atoms with Gasteiger partial charge in [-0.2, -0.15) is 0 Å². The lowest BCUT2D eigenvalue weighted by Crippen LogP contribution is -2.48. The Bertz CT molecular complexity index is 793. The van der Waals surface area contributed by atoms with Crippen LogP contribution >= 0.6 is 0 Å². The highest BCUT2D eigenvalue weighted by Crippen LogP contribution is 2.23. The molecular weight excluding hydrogens is 444 g/mol. The molecule has 0 aliphatic carbocycles. The molecule has 0 bridgehead atoms. The first-order chi connectivity index (χ1) is 16.9. The molecule has 0 aromatic heterocycles. The zero-order valence-electron chi connectivity index (χ0n) is 21.9. The molecule has 0 N–H and O–H groups in total. The van der Waals surface area contributed by atoms with Crippen molar-refractivity contribution in [3.8, 4) is 0 Å². The number of carbonyl (C=O) groups is 2. The SMILES string of the molecule is CCOC(C)=O.CCOC(C)=O.COCC(c1ccccc1)N1CCN(Cc2ccccc2)CC1. The van der Waals surface area contributed by atoms with E-state index in [1.54, 1.807) is 21.0 Å². The van der Waals surface area contributed by atoms with Crippen LogP contribution in [0.3, 0.4) is 0 Å². The Morgan fingerprint density at radius 1 is 0.800 bits per heavy atom. The van der Waals surface area contributed by atoms with E-state index in [0.717, 1.165) is 39.3 Å². The van der Waals surface area contributed by atoms with Crippen molar-refractivity contribution in [3.05, 3.63) is 71.8 Å². The first kappa shape index (κ1) is 30.3. The summed E-state index contributed by atoms with van der Waals surface area (Å²) in [5.74, 6) is -0.421. The van der Waals surface area contributed by atoms with Crippen LogP contribution in [0.4, 0.5) is 0 Å². The van der Waals surface area contributed by atoms with Gasteiger partial charge in [0.1, 0.15) is 0 Å². The molecule has 7 heteroatoms. The minimum Gasteiger partial charge on any atom is -0.466 e. The smallest absolute Gasteiger partial charge is 0.302 e. The van der Waals surface area contributed by atoms with Crippen molar-refractivity contribution in [2.45, 2.75) is 40.3 Å². The fraction of sp³-hybridized carbons (Fsp3) is 0.500. The van der Waals surface area contributed by atoms with E-state index in [4.69, 9.17) is 4.74 Å². The van der Waals surface area contributed by atoms with Gasteiger partial charge < -0.3 is 14.2 Å². The van der Waals surface area contributed by atoms with Crippen LogP contribution in [-0.4, -0.2) is 74.8 Å². The lowest BCUT2D eigenvalue weighted by Gasteiger charge is -2.39. The molecule has 1 fully saturated rings. The maximum atomic E-state index is 9.82.